The highest BCUT2D eigenvalue weighted by Crippen LogP contribution is 2.81. The van der Waals surface area contributed by atoms with E-state index in [2.05, 4.69) is 13.0 Å². The minimum absolute atomic E-state index is 0.0326. The molecular weight excluding hydrogens is 440 g/mol. The van der Waals surface area contributed by atoms with Crippen LogP contribution in [-0.4, -0.2) is 70.0 Å². The van der Waals surface area contributed by atoms with E-state index >= 15 is 0 Å². The first-order chi connectivity index (χ1) is 16.0. The smallest absolute Gasteiger partial charge is 0.315 e. The van der Waals surface area contributed by atoms with E-state index in [0.717, 1.165) is 31.1 Å². The summed E-state index contributed by atoms with van der Waals surface area (Å²) in [7, 11) is 0. The van der Waals surface area contributed by atoms with Gasteiger partial charge in [0.1, 0.15) is 30.0 Å². The Kier molecular flexibility index (Phi) is 5.62. The number of hydrogen-bond donors (Lipinski definition) is 4. The van der Waals surface area contributed by atoms with Gasteiger partial charge in [-0.15, -0.1) is 0 Å². The number of aliphatic carboxylic acids is 1. The Hall–Kier alpha value is -1.32. The molecular formula is C26H38O8. The van der Waals surface area contributed by atoms with Crippen LogP contribution >= 0.6 is 0 Å². The van der Waals surface area contributed by atoms with Gasteiger partial charge in [0.15, 0.2) is 6.29 Å². The molecule has 7 unspecified atom stereocenters. The average Bonchev–Trinajstić information content (AvgIpc) is 3.37. The molecule has 34 heavy (non-hydrogen) atoms. The van der Waals surface area contributed by atoms with E-state index in [-0.39, 0.29) is 24.4 Å². The fourth-order valence-electron chi connectivity index (χ4n) is 8.92. The second-order valence-corrected chi connectivity index (χ2v) is 12.0. The fraction of sp³-hybridized carbons (Fsp3) is 0.846. The SMILES string of the molecule is CC(C)C1=CC2(CO[C@@H]3O[C@H](C)[C@@H](O)[C@@H](O)[C@@H]3O)CC3(C=O)C4CCC(C)C4CC2C13C(=O)O. The normalized spacial score (nSPS) is 53.6. The zero-order valence-corrected chi connectivity index (χ0v) is 20.4. The van der Waals surface area contributed by atoms with Crippen molar-refractivity contribution in [2.45, 2.75) is 84.1 Å². The number of aldehydes is 1. The summed E-state index contributed by atoms with van der Waals surface area (Å²) in [6.45, 7) is 7.88. The molecule has 3 saturated carbocycles. The Labute approximate surface area is 200 Å². The van der Waals surface area contributed by atoms with Crippen LogP contribution in [-0.2, 0) is 19.1 Å². The second kappa shape index (κ2) is 7.84. The molecule has 8 nitrogen and oxygen atoms in total. The maximum Gasteiger partial charge on any atom is 0.315 e. The molecule has 0 spiro atoms. The summed E-state index contributed by atoms with van der Waals surface area (Å²) in [4.78, 5) is 26.2. The van der Waals surface area contributed by atoms with Crippen LogP contribution in [0.15, 0.2) is 11.6 Å². The van der Waals surface area contributed by atoms with Crippen LogP contribution in [0.3, 0.4) is 0 Å². The van der Waals surface area contributed by atoms with Gasteiger partial charge < -0.3 is 34.7 Å². The molecule has 4 fully saturated rings. The van der Waals surface area contributed by atoms with Gasteiger partial charge in [0, 0.05) is 5.41 Å². The third-order valence-corrected chi connectivity index (χ3v) is 10.3. The van der Waals surface area contributed by atoms with Gasteiger partial charge in [-0.2, -0.15) is 0 Å². The van der Waals surface area contributed by atoms with Gasteiger partial charge in [0.25, 0.3) is 0 Å². The van der Waals surface area contributed by atoms with Gasteiger partial charge in [-0.1, -0.05) is 38.8 Å². The Balaban J connectivity index is 1.55. The summed E-state index contributed by atoms with van der Waals surface area (Å²) < 4.78 is 11.7. The van der Waals surface area contributed by atoms with Gasteiger partial charge in [-0.05, 0) is 55.8 Å². The van der Waals surface area contributed by atoms with Crippen molar-refractivity contribution >= 4 is 12.3 Å². The van der Waals surface area contributed by atoms with Gasteiger partial charge in [-0.25, -0.2) is 0 Å². The van der Waals surface area contributed by atoms with Gasteiger partial charge in [0.05, 0.1) is 18.1 Å². The zero-order valence-electron chi connectivity index (χ0n) is 20.4. The van der Waals surface area contributed by atoms with E-state index in [0.29, 0.717) is 18.3 Å². The van der Waals surface area contributed by atoms with E-state index in [4.69, 9.17) is 9.47 Å². The van der Waals surface area contributed by atoms with Crippen molar-refractivity contribution in [3.05, 3.63) is 11.6 Å². The topological polar surface area (TPSA) is 134 Å². The number of aliphatic hydroxyl groups is 3. The molecule has 12 atom stereocenters. The molecule has 8 heteroatoms. The number of carbonyl (C=O) groups excluding carboxylic acids is 1. The predicted octanol–water partition coefficient (Wildman–Crippen LogP) is 1.76. The maximum atomic E-state index is 13.2. The van der Waals surface area contributed by atoms with Crippen LogP contribution in [0.5, 0.6) is 0 Å². The highest BCUT2D eigenvalue weighted by atomic mass is 16.7. The number of hydrogen-bond acceptors (Lipinski definition) is 7. The number of ether oxygens (including phenoxy) is 2. The molecule has 0 radical (unpaired) electrons. The first-order valence-electron chi connectivity index (χ1n) is 12.7. The Morgan fingerprint density at radius 3 is 2.53 bits per heavy atom. The van der Waals surface area contributed by atoms with Crippen LogP contribution in [0.1, 0.15) is 53.4 Å². The summed E-state index contributed by atoms with van der Waals surface area (Å²) in [6.07, 6.45) is 0.111. The van der Waals surface area contributed by atoms with E-state index in [1.807, 2.05) is 13.8 Å². The van der Waals surface area contributed by atoms with Crippen molar-refractivity contribution in [3.63, 3.8) is 0 Å². The fourth-order valence-corrected chi connectivity index (χ4v) is 8.92. The Morgan fingerprint density at radius 2 is 1.91 bits per heavy atom. The molecule has 4 N–H and O–H groups in total. The number of carboxylic acids is 1. The number of carbonyl (C=O) groups is 2. The van der Waals surface area contributed by atoms with E-state index in [1.165, 1.54) is 0 Å². The van der Waals surface area contributed by atoms with Gasteiger partial charge >= 0.3 is 5.97 Å². The molecule has 0 aromatic heterocycles. The van der Waals surface area contributed by atoms with Crippen LogP contribution in [0, 0.1) is 45.8 Å². The molecule has 4 aliphatic carbocycles. The lowest BCUT2D eigenvalue weighted by molar-refractivity contribution is -0.298. The Morgan fingerprint density at radius 1 is 1.21 bits per heavy atom. The number of carboxylic acid groups (broad SMARTS) is 1. The minimum atomic E-state index is -1.43. The largest absolute Gasteiger partial charge is 0.481 e. The lowest BCUT2D eigenvalue weighted by Crippen LogP contribution is -2.58. The van der Waals surface area contributed by atoms with Gasteiger partial charge in [0.2, 0.25) is 0 Å². The van der Waals surface area contributed by atoms with Crippen molar-refractivity contribution in [3.8, 4) is 0 Å². The summed E-state index contributed by atoms with van der Waals surface area (Å²) in [5.74, 6) is -0.456. The Bertz CT molecular complexity index is 901. The quantitative estimate of drug-likeness (QED) is 0.335. The minimum Gasteiger partial charge on any atom is -0.481 e. The third kappa shape index (κ3) is 2.78. The van der Waals surface area contributed by atoms with Crippen LogP contribution in [0.4, 0.5) is 0 Å². The van der Waals surface area contributed by atoms with Gasteiger partial charge in [-0.3, -0.25) is 4.79 Å². The zero-order chi connectivity index (χ0) is 24.8. The summed E-state index contributed by atoms with van der Waals surface area (Å²) >= 11 is 0. The number of aliphatic hydroxyl groups excluding tert-OH is 3. The molecule has 1 aliphatic heterocycles. The highest BCUT2D eigenvalue weighted by molar-refractivity contribution is 5.89. The van der Waals surface area contributed by atoms with Crippen molar-refractivity contribution in [2.75, 3.05) is 6.61 Å². The summed E-state index contributed by atoms with van der Waals surface area (Å²) in [6, 6.07) is 0. The predicted molar refractivity (Wildman–Crippen MR) is 120 cm³/mol. The lowest BCUT2D eigenvalue weighted by Gasteiger charge is -2.53. The lowest BCUT2D eigenvalue weighted by atomic mass is 9.47. The third-order valence-electron chi connectivity index (χ3n) is 10.3. The first-order valence-corrected chi connectivity index (χ1v) is 12.7. The highest BCUT2D eigenvalue weighted by Gasteiger charge is 2.82. The molecule has 1 saturated heterocycles. The molecule has 5 rings (SSSR count). The standard InChI is InChI=1S/C26H38O8/c1-12(2)17-8-24(11-33-22-21(30)20(29)19(28)14(4)34-22)9-25(10-27)16-6-5-13(3)15(16)7-18(24)26(17,25)23(31)32/h8,10,12-16,18-22,28-30H,5-7,9,11H2,1-4H3,(H,31,32)/t13?,14-,15?,16?,18?,19-,20-,21+,22-,24?,25?,26?/m1/s1. The second-order valence-electron chi connectivity index (χ2n) is 12.0. The molecule has 190 valence electrons. The summed E-state index contributed by atoms with van der Waals surface area (Å²) in [5, 5.41) is 41.5. The van der Waals surface area contributed by atoms with Crippen LogP contribution in [0.2, 0.25) is 0 Å². The van der Waals surface area contributed by atoms with Crippen LogP contribution < -0.4 is 0 Å². The molecule has 0 amide bonds. The monoisotopic (exact) mass is 478 g/mol. The average molecular weight is 479 g/mol. The van der Waals surface area contributed by atoms with Crippen molar-refractivity contribution < 1.29 is 39.5 Å². The van der Waals surface area contributed by atoms with E-state index in [9.17, 15) is 30.0 Å². The molecule has 0 aromatic rings. The number of rotatable bonds is 6. The molecule has 0 aromatic carbocycles. The van der Waals surface area contributed by atoms with E-state index in [1.54, 1.807) is 6.92 Å². The summed E-state index contributed by atoms with van der Waals surface area (Å²) in [5.41, 5.74) is -2.08. The van der Waals surface area contributed by atoms with Crippen LogP contribution in [0.25, 0.3) is 0 Å². The maximum absolute atomic E-state index is 13.2. The molecule has 4 bridgehead atoms. The van der Waals surface area contributed by atoms with E-state index < -0.39 is 52.9 Å². The first kappa shape index (κ1) is 24.4. The molecule has 1 heterocycles. The number of fused-ring (bicyclic) bond motifs is 2. The molecule has 5 aliphatic rings. The van der Waals surface area contributed by atoms with Crippen molar-refractivity contribution in [1.29, 1.82) is 0 Å². The van der Waals surface area contributed by atoms with Crippen molar-refractivity contribution in [2.24, 2.45) is 45.8 Å². The van der Waals surface area contributed by atoms with Crippen molar-refractivity contribution in [1.82, 2.24) is 0 Å².